The fraction of sp³-hybridized carbons (Fsp3) is 0.611. The normalized spacial score (nSPS) is 11.4. The zero-order valence-corrected chi connectivity index (χ0v) is 13.8. The minimum Gasteiger partial charge on any atom is -0.330 e. The summed E-state index contributed by atoms with van der Waals surface area (Å²) in [6.45, 7) is 8.42. The first-order valence-electron chi connectivity index (χ1n) is 8.33. The van der Waals surface area contributed by atoms with Crippen molar-refractivity contribution in [3.05, 3.63) is 29.1 Å². The Morgan fingerprint density at radius 3 is 2.52 bits per heavy atom. The molecule has 1 aromatic heterocycles. The van der Waals surface area contributed by atoms with Gasteiger partial charge < -0.3 is 10.3 Å². The Morgan fingerprint density at radius 2 is 1.81 bits per heavy atom. The molecule has 2 rings (SSSR count). The van der Waals surface area contributed by atoms with E-state index in [1.54, 1.807) is 0 Å². The van der Waals surface area contributed by atoms with E-state index < -0.39 is 0 Å². The van der Waals surface area contributed by atoms with Gasteiger partial charge in [0.15, 0.2) is 0 Å². The molecule has 21 heavy (non-hydrogen) atoms. The lowest BCUT2D eigenvalue weighted by Crippen LogP contribution is -2.07. The van der Waals surface area contributed by atoms with Crippen molar-refractivity contribution in [2.24, 2.45) is 5.73 Å². The van der Waals surface area contributed by atoms with Gasteiger partial charge in [-0.2, -0.15) is 0 Å². The Balaban J connectivity index is 2.29. The molecule has 0 unspecified atom stereocenters. The number of rotatable bonds is 8. The topological polar surface area (TPSA) is 43.8 Å². The Morgan fingerprint density at radius 1 is 1.05 bits per heavy atom. The molecule has 0 bridgehead atoms. The number of nitrogens with zero attached hydrogens (tertiary/aromatic N) is 2. The smallest absolute Gasteiger partial charge is 0.109 e. The van der Waals surface area contributed by atoms with Gasteiger partial charge in [-0.05, 0) is 56.5 Å². The summed E-state index contributed by atoms with van der Waals surface area (Å²) in [5.41, 5.74) is 10.8. The molecule has 0 spiro atoms. The predicted octanol–water partition coefficient (Wildman–Crippen LogP) is 4.12. The standard InChI is InChI=1S/C18H29N3/c1-4-5-6-7-11-21-17-13-15(3)14(2)12-16(17)20-18(21)9-8-10-19/h12-13H,4-11,19H2,1-3H3. The molecule has 0 amide bonds. The summed E-state index contributed by atoms with van der Waals surface area (Å²) >= 11 is 0. The van der Waals surface area contributed by atoms with Crippen LogP contribution in [-0.4, -0.2) is 16.1 Å². The van der Waals surface area contributed by atoms with Gasteiger partial charge in [0.1, 0.15) is 5.82 Å². The first kappa shape index (κ1) is 16.0. The van der Waals surface area contributed by atoms with Crippen LogP contribution in [0.25, 0.3) is 11.0 Å². The Kier molecular flexibility index (Phi) is 5.80. The summed E-state index contributed by atoms with van der Waals surface area (Å²) in [6, 6.07) is 4.52. The van der Waals surface area contributed by atoms with Crippen LogP contribution >= 0.6 is 0 Å². The molecular weight excluding hydrogens is 258 g/mol. The first-order chi connectivity index (χ1) is 10.2. The maximum atomic E-state index is 5.67. The highest BCUT2D eigenvalue weighted by Gasteiger charge is 2.11. The van der Waals surface area contributed by atoms with E-state index in [1.807, 2.05) is 0 Å². The van der Waals surface area contributed by atoms with E-state index in [1.165, 1.54) is 48.2 Å². The van der Waals surface area contributed by atoms with Gasteiger partial charge in [-0.15, -0.1) is 0 Å². The number of benzene rings is 1. The second-order valence-electron chi connectivity index (χ2n) is 6.06. The molecule has 1 heterocycles. The Bertz CT molecular complexity index is 584. The molecule has 0 atom stereocenters. The maximum Gasteiger partial charge on any atom is 0.109 e. The molecule has 0 fully saturated rings. The largest absolute Gasteiger partial charge is 0.330 e. The Labute approximate surface area is 128 Å². The monoisotopic (exact) mass is 287 g/mol. The Hall–Kier alpha value is -1.35. The van der Waals surface area contributed by atoms with Gasteiger partial charge in [-0.25, -0.2) is 4.98 Å². The van der Waals surface area contributed by atoms with E-state index in [9.17, 15) is 0 Å². The summed E-state index contributed by atoms with van der Waals surface area (Å²) in [5, 5.41) is 0. The molecule has 0 aliphatic carbocycles. The minimum absolute atomic E-state index is 0.733. The molecular formula is C18H29N3. The van der Waals surface area contributed by atoms with Crippen molar-refractivity contribution in [2.75, 3.05) is 6.54 Å². The molecule has 2 N–H and O–H groups in total. The van der Waals surface area contributed by atoms with Crippen LogP contribution in [0.15, 0.2) is 12.1 Å². The average Bonchev–Trinajstić information content (AvgIpc) is 2.79. The number of hydrogen-bond donors (Lipinski definition) is 1. The highest BCUT2D eigenvalue weighted by atomic mass is 15.1. The van der Waals surface area contributed by atoms with Crippen LogP contribution in [0.3, 0.4) is 0 Å². The second-order valence-corrected chi connectivity index (χ2v) is 6.06. The van der Waals surface area contributed by atoms with Gasteiger partial charge in [0.2, 0.25) is 0 Å². The van der Waals surface area contributed by atoms with E-state index in [0.717, 1.165) is 31.4 Å². The molecule has 0 aliphatic rings. The van der Waals surface area contributed by atoms with Gasteiger partial charge in [0.25, 0.3) is 0 Å². The molecule has 0 saturated heterocycles. The first-order valence-corrected chi connectivity index (χ1v) is 8.33. The lowest BCUT2D eigenvalue weighted by atomic mass is 10.1. The van der Waals surface area contributed by atoms with Crippen LogP contribution in [0.1, 0.15) is 56.0 Å². The van der Waals surface area contributed by atoms with Crippen molar-refractivity contribution in [3.63, 3.8) is 0 Å². The summed E-state index contributed by atoms with van der Waals surface area (Å²) in [4.78, 5) is 4.86. The van der Waals surface area contributed by atoms with E-state index in [4.69, 9.17) is 10.7 Å². The van der Waals surface area contributed by atoms with Crippen molar-refractivity contribution in [3.8, 4) is 0 Å². The second kappa shape index (κ2) is 7.60. The molecule has 2 aromatic rings. The van der Waals surface area contributed by atoms with Crippen LogP contribution in [0.5, 0.6) is 0 Å². The summed E-state index contributed by atoms with van der Waals surface area (Å²) in [5.74, 6) is 1.21. The van der Waals surface area contributed by atoms with Crippen LogP contribution in [0.4, 0.5) is 0 Å². The lowest BCUT2D eigenvalue weighted by Gasteiger charge is -2.09. The van der Waals surface area contributed by atoms with E-state index in [-0.39, 0.29) is 0 Å². The third kappa shape index (κ3) is 3.85. The van der Waals surface area contributed by atoms with Crippen LogP contribution in [-0.2, 0) is 13.0 Å². The summed E-state index contributed by atoms with van der Waals surface area (Å²) in [7, 11) is 0. The zero-order chi connectivity index (χ0) is 15.2. The quantitative estimate of drug-likeness (QED) is 0.742. The van der Waals surface area contributed by atoms with Crippen molar-refractivity contribution >= 4 is 11.0 Å². The molecule has 3 nitrogen and oxygen atoms in total. The molecule has 3 heteroatoms. The van der Waals surface area contributed by atoms with Crippen molar-refractivity contribution in [1.82, 2.24) is 9.55 Å². The van der Waals surface area contributed by atoms with Crippen LogP contribution in [0.2, 0.25) is 0 Å². The predicted molar refractivity (Wildman–Crippen MR) is 90.7 cm³/mol. The maximum absolute atomic E-state index is 5.67. The molecule has 0 radical (unpaired) electrons. The van der Waals surface area contributed by atoms with Gasteiger partial charge in [0.05, 0.1) is 11.0 Å². The molecule has 1 aromatic carbocycles. The van der Waals surface area contributed by atoms with Gasteiger partial charge in [-0.3, -0.25) is 0 Å². The van der Waals surface area contributed by atoms with Crippen molar-refractivity contribution in [1.29, 1.82) is 0 Å². The number of hydrogen-bond acceptors (Lipinski definition) is 2. The average molecular weight is 287 g/mol. The van der Waals surface area contributed by atoms with E-state index >= 15 is 0 Å². The SMILES string of the molecule is CCCCCCn1c(CCCN)nc2cc(C)c(C)cc21. The van der Waals surface area contributed by atoms with Crippen molar-refractivity contribution < 1.29 is 0 Å². The van der Waals surface area contributed by atoms with Gasteiger partial charge in [-0.1, -0.05) is 26.2 Å². The number of aryl methyl sites for hydroxylation is 4. The van der Waals surface area contributed by atoms with Gasteiger partial charge >= 0.3 is 0 Å². The lowest BCUT2D eigenvalue weighted by molar-refractivity contribution is 0.570. The molecule has 0 saturated carbocycles. The molecule has 116 valence electrons. The van der Waals surface area contributed by atoms with E-state index in [0.29, 0.717) is 0 Å². The minimum atomic E-state index is 0.733. The van der Waals surface area contributed by atoms with Crippen molar-refractivity contribution in [2.45, 2.75) is 65.8 Å². The van der Waals surface area contributed by atoms with E-state index in [2.05, 4.69) is 37.5 Å². The highest BCUT2D eigenvalue weighted by Crippen LogP contribution is 2.22. The number of aromatic nitrogens is 2. The number of fused-ring (bicyclic) bond motifs is 1. The third-order valence-electron chi connectivity index (χ3n) is 4.28. The van der Waals surface area contributed by atoms with Crippen LogP contribution < -0.4 is 5.73 Å². The van der Waals surface area contributed by atoms with Crippen LogP contribution in [0, 0.1) is 13.8 Å². The fourth-order valence-corrected chi connectivity index (χ4v) is 2.83. The number of imidazole rings is 1. The summed E-state index contributed by atoms with van der Waals surface area (Å²) < 4.78 is 2.42. The third-order valence-corrected chi connectivity index (χ3v) is 4.28. The van der Waals surface area contributed by atoms with Gasteiger partial charge in [0, 0.05) is 13.0 Å². The number of nitrogens with two attached hydrogens (primary N) is 1. The fourth-order valence-electron chi connectivity index (χ4n) is 2.83. The highest BCUT2D eigenvalue weighted by molar-refractivity contribution is 5.78. The zero-order valence-electron chi connectivity index (χ0n) is 13.8. The summed E-state index contributed by atoms with van der Waals surface area (Å²) in [6.07, 6.45) is 7.14. The molecule has 0 aliphatic heterocycles. The number of unbranched alkanes of at least 4 members (excludes halogenated alkanes) is 3.